The number of carbonyl (C=O) groups excluding carboxylic acids is 1. The van der Waals surface area contributed by atoms with Crippen molar-refractivity contribution in [2.24, 2.45) is 5.41 Å². The Bertz CT molecular complexity index is 616. The van der Waals surface area contributed by atoms with Gasteiger partial charge in [0.05, 0.1) is 16.5 Å². The number of amides is 1. The van der Waals surface area contributed by atoms with Crippen LogP contribution in [-0.4, -0.2) is 37.9 Å². The molecule has 2 rings (SSSR count). The second-order valence-corrected chi connectivity index (χ2v) is 9.10. The third kappa shape index (κ3) is 3.58. The number of thiazole rings is 1. The lowest BCUT2D eigenvalue weighted by Gasteiger charge is -2.41. The van der Waals surface area contributed by atoms with E-state index in [1.165, 1.54) is 17.6 Å². The number of carbonyl (C=O) groups is 1. The summed E-state index contributed by atoms with van der Waals surface area (Å²) in [6.07, 6.45) is 4.01. The third-order valence-corrected chi connectivity index (χ3v) is 5.92. The van der Waals surface area contributed by atoms with E-state index in [2.05, 4.69) is 10.3 Å². The van der Waals surface area contributed by atoms with Crippen molar-refractivity contribution in [3.05, 3.63) is 15.6 Å². The standard InChI is InChI=1S/C13H20N2O3S2/c1-9-11(19-10(2)15-9)12(16)14-7-13(5-4-6-13)8-20(3,17)18/h4-8H2,1-3H3,(H,14,16). The topological polar surface area (TPSA) is 76.1 Å². The lowest BCUT2D eigenvalue weighted by atomic mass is 9.70. The molecule has 1 N–H and O–H groups in total. The summed E-state index contributed by atoms with van der Waals surface area (Å²) in [5.41, 5.74) is 0.465. The van der Waals surface area contributed by atoms with Crippen LogP contribution in [0.15, 0.2) is 0 Å². The summed E-state index contributed by atoms with van der Waals surface area (Å²) < 4.78 is 23.0. The summed E-state index contributed by atoms with van der Waals surface area (Å²) in [5, 5.41) is 3.75. The van der Waals surface area contributed by atoms with Gasteiger partial charge in [-0.05, 0) is 26.7 Å². The van der Waals surface area contributed by atoms with Crippen LogP contribution in [0.1, 0.15) is 39.6 Å². The molecule has 1 heterocycles. The van der Waals surface area contributed by atoms with Crippen LogP contribution in [0.4, 0.5) is 0 Å². The van der Waals surface area contributed by atoms with Gasteiger partial charge >= 0.3 is 0 Å². The van der Waals surface area contributed by atoms with E-state index >= 15 is 0 Å². The van der Waals surface area contributed by atoms with E-state index in [0.717, 1.165) is 30.0 Å². The summed E-state index contributed by atoms with van der Waals surface area (Å²) in [5.74, 6) is 0.00827. The Kier molecular flexibility index (Phi) is 4.20. The number of aromatic nitrogens is 1. The minimum absolute atomic E-state index is 0.145. The van der Waals surface area contributed by atoms with Crippen molar-refractivity contribution in [3.8, 4) is 0 Å². The summed E-state index contributed by atoms with van der Waals surface area (Å²) in [7, 11) is -3.02. The van der Waals surface area contributed by atoms with Gasteiger partial charge in [0.2, 0.25) is 0 Å². The van der Waals surface area contributed by atoms with Crippen molar-refractivity contribution in [2.45, 2.75) is 33.1 Å². The van der Waals surface area contributed by atoms with E-state index < -0.39 is 9.84 Å². The second-order valence-electron chi connectivity index (χ2n) is 5.75. The fourth-order valence-electron chi connectivity index (χ4n) is 2.70. The summed E-state index contributed by atoms with van der Waals surface area (Å²) in [6, 6.07) is 0. The first-order valence-electron chi connectivity index (χ1n) is 6.61. The lowest BCUT2D eigenvalue weighted by molar-refractivity contribution is 0.0897. The zero-order valence-electron chi connectivity index (χ0n) is 12.0. The Balaban J connectivity index is 2.00. The molecular weight excluding hydrogens is 296 g/mol. The van der Waals surface area contributed by atoms with Gasteiger partial charge in [-0.25, -0.2) is 13.4 Å². The van der Waals surface area contributed by atoms with Crippen LogP contribution in [0, 0.1) is 19.3 Å². The maximum atomic E-state index is 12.1. The number of hydrogen-bond acceptors (Lipinski definition) is 5. The summed E-state index contributed by atoms with van der Waals surface area (Å²) in [4.78, 5) is 17.0. The van der Waals surface area contributed by atoms with Crippen molar-refractivity contribution in [1.29, 1.82) is 0 Å². The van der Waals surface area contributed by atoms with Crippen LogP contribution in [-0.2, 0) is 9.84 Å². The number of sulfone groups is 1. The molecule has 0 bridgehead atoms. The Morgan fingerprint density at radius 1 is 1.40 bits per heavy atom. The van der Waals surface area contributed by atoms with Gasteiger partial charge in [-0.2, -0.15) is 0 Å². The average molecular weight is 316 g/mol. The largest absolute Gasteiger partial charge is 0.351 e. The number of nitrogens with one attached hydrogen (secondary N) is 1. The summed E-state index contributed by atoms with van der Waals surface area (Å²) in [6.45, 7) is 4.11. The fraction of sp³-hybridized carbons (Fsp3) is 0.692. The highest BCUT2D eigenvalue weighted by Crippen LogP contribution is 2.41. The smallest absolute Gasteiger partial charge is 0.263 e. The molecular formula is C13H20N2O3S2. The molecule has 1 saturated carbocycles. The van der Waals surface area contributed by atoms with Crippen LogP contribution in [0.25, 0.3) is 0 Å². The molecule has 1 aliphatic carbocycles. The van der Waals surface area contributed by atoms with E-state index in [1.54, 1.807) is 0 Å². The van der Waals surface area contributed by atoms with Gasteiger partial charge in [-0.1, -0.05) is 6.42 Å². The normalized spacial score (nSPS) is 17.6. The van der Waals surface area contributed by atoms with Crippen LogP contribution in [0.3, 0.4) is 0 Å². The van der Waals surface area contributed by atoms with Crippen LogP contribution in [0.2, 0.25) is 0 Å². The monoisotopic (exact) mass is 316 g/mol. The van der Waals surface area contributed by atoms with Crippen molar-refractivity contribution < 1.29 is 13.2 Å². The maximum Gasteiger partial charge on any atom is 0.263 e. The Morgan fingerprint density at radius 3 is 2.45 bits per heavy atom. The van der Waals surface area contributed by atoms with Crippen molar-refractivity contribution >= 4 is 27.1 Å². The molecule has 1 aliphatic rings. The van der Waals surface area contributed by atoms with Crippen molar-refractivity contribution in [1.82, 2.24) is 10.3 Å². The zero-order valence-corrected chi connectivity index (χ0v) is 13.7. The quantitative estimate of drug-likeness (QED) is 0.897. The molecule has 0 atom stereocenters. The highest BCUT2D eigenvalue weighted by Gasteiger charge is 2.40. The molecule has 20 heavy (non-hydrogen) atoms. The predicted octanol–water partition coefficient (Wildman–Crippen LogP) is 1.70. The van der Waals surface area contributed by atoms with Gasteiger partial charge in [0, 0.05) is 18.2 Å². The summed E-state index contributed by atoms with van der Waals surface area (Å²) >= 11 is 1.37. The Labute approximate surface area is 123 Å². The first-order chi connectivity index (χ1) is 9.21. The number of aryl methyl sites for hydroxylation is 2. The van der Waals surface area contributed by atoms with Gasteiger partial charge in [0.25, 0.3) is 5.91 Å². The lowest BCUT2D eigenvalue weighted by Crippen LogP contribution is -2.46. The highest BCUT2D eigenvalue weighted by molar-refractivity contribution is 7.90. The number of hydrogen-bond donors (Lipinski definition) is 1. The van der Waals surface area contributed by atoms with Gasteiger partial charge in [-0.15, -0.1) is 11.3 Å². The van der Waals surface area contributed by atoms with E-state index in [1.807, 2.05) is 13.8 Å². The molecule has 0 unspecified atom stereocenters. The fourth-order valence-corrected chi connectivity index (χ4v) is 5.03. The number of nitrogens with zero attached hydrogens (tertiary/aromatic N) is 1. The molecule has 1 aromatic heterocycles. The first kappa shape index (κ1) is 15.4. The van der Waals surface area contributed by atoms with E-state index in [0.29, 0.717) is 11.4 Å². The predicted molar refractivity (Wildman–Crippen MR) is 79.9 cm³/mol. The molecule has 0 spiro atoms. The van der Waals surface area contributed by atoms with Crippen molar-refractivity contribution in [2.75, 3.05) is 18.6 Å². The molecule has 1 aromatic rings. The Hall–Kier alpha value is -0.950. The molecule has 0 aliphatic heterocycles. The van der Waals surface area contributed by atoms with Gasteiger partial charge in [0.15, 0.2) is 0 Å². The average Bonchev–Trinajstić information content (AvgIpc) is 2.59. The SMILES string of the molecule is Cc1nc(C)c(C(=O)NCC2(CS(C)(=O)=O)CCC2)s1. The third-order valence-electron chi connectivity index (χ3n) is 3.72. The molecule has 0 aromatic carbocycles. The van der Waals surface area contributed by atoms with Crippen LogP contribution < -0.4 is 5.32 Å². The molecule has 0 saturated heterocycles. The number of rotatable bonds is 5. The highest BCUT2D eigenvalue weighted by atomic mass is 32.2. The maximum absolute atomic E-state index is 12.1. The van der Waals surface area contributed by atoms with Gasteiger partial charge < -0.3 is 5.32 Å². The Morgan fingerprint density at radius 2 is 2.05 bits per heavy atom. The first-order valence-corrected chi connectivity index (χ1v) is 9.48. The van der Waals surface area contributed by atoms with E-state index in [4.69, 9.17) is 0 Å². The van der Waals surface area contributed by atoms with Crippen molar-refractivity contribution in [3.63, 3.8) is 0 Å². The molecule has 112 valence electrons. The molecule has 1 fully saturated rings. The molecule has 0 radical (unpaired) electrons. The van der Waals surface area contributed by atoms with E-state index in [9.17, 15) is 13.2 Å². The van der Waals surface area contributed by atoms with Gasteiger partial charge in [0.1, 0.15) is 14.7 Å². The molecule has 1 amide bonds. The zero-order chi connectivity index (χ0) is 15.0. The minimum atomic E-state index is -3.02. The van der Waals surface area contributed by atoms with E-state index in [-0.39, 0.29) is 17.1 Å². The van der Waals surface area contributed by atoms with Gasteiger partial charge in [-0.3, -0.25) is 4.79 Å². The minimum Gasteiger partial charge on any atom is -0.351 e. The van der Waals surface area contributed by atoms with Crippen LogP contribution in [0.5, 0.6) is 0 Å². The second kappa shape index (κ2) is 5.44. The van der Waals surface area contributed by atoms with Crippen LogP contribution >= 0.6 is 11.3 Å². The molecule has 7 heteroatoms. The molecule has 5 nitrogen and oxygen atoms in total.